The summed E-state index contributed by atoms with van der Waals surface area (Å²) in [5.74, 6) is -0.211. The fourth-order valence-electron chi connectivity index (χ4n) is 3.15. The second-order valence-electron chi connectivity index (χ2n) is 7.25. The van der Waals surface area contributed by atoms with E-state index < -0.39 is 12.0 Å². The summed E-state index contributed by atoms with van der Waals surface area (Å²) in [6.07, 6.45) is 0.277. The van der Waals surface area contributed by atoms with E-state index in [1.54, 1.807) is 0 Å². The third-order valence-corrected chi connectivity index (χ3v) is 4.75. The predicted molar refractivity (Wildman–Crippen MR) is 121 cm³/mol. The van der Waals surface area contributed by atoms with Crippen LogP contribution in [0.25, 0.3) is 0 Å². The summed E-state index contributed by atoms with van der Waals surface area (Å²) in [5, 5.41) is 2.70. The lowest BCUT2D eigenvalue weighted by Gasteiger charge is -2.17. The molecular weight excluding hydrogens is 406 g/mol. The molecule has 0 unspecified atom stereocenters. The van der Waals surface area contributed by atoms with Crippen molar-refractivity contribution in [3.63, 3.8) is 0 Å². The van der Waals surface area contributed by atoms with E-state index in [4.69, 9.17) is 14.2 Å². The first kappa shape index (κ1) is 23.0. The first-order valence-electron chi connectivity index (χ1n) is 10.4. The van der Waals surface area contributed by atoms with E-state index in [1.165, 1.54) is 7.11 Å². The minimum absolute atomic E-state index is 0.150. The van der Waals surface area contributed by atoms with Gasteiger partial charge in [-0.05, 0) is 28.8 Å². The van der Waals surface area contributed by atoms with Gasteiger partial charge >= 0.3 is 5.97 Å². The van der Waals surface area contributed by atoms with Gasteiger partial charge in [-0.1, -0.05) is 72.8 Å². The monoisotopic (exact) mass is 433 g/mol. The maximum absolute atomic E-state index is 12.3. The number of ether oxygens (including phenoxy) is 3. The lowest BCUT2D eigenvalue weighted by atomic mass is 10.1. The van der Waals surface area contributed by atoms with Crippen molar-refractivity contribution in [1.29, 1.82) is 0 Å². The zero-order valence-electron chi connectivity index (χ0n) is 18.0. The number of esters is 1. The van der Waals surface area contributed by atoms with Crippen LogP contribution in [0.4, 0.5) is 0 Å². The lowest BCUT2D eigenvalue weighted by Crippen LogP contribution is -2.44. The second kappa shape index (κ2) is 12.3. The van der Waals surface area contributed by atoms with Gasteiger partial charge in [-0.25, -0.2) is 4.79 Å². The highest BCUT2D eigenvalue weighted by Gasteiger charge is 2.22. The van der Waals surface area contributed by atoms with Crippen molar-refractivity contribution in [2.24, 2.45) is 0 Å². The molecule has 32 heavy (non-hydrogen) atoms. The van der Waals surface area contributed by atoms with Crippen molar-refractivity contribution in [2.75, 3.05) is 13.7 Å². The minimum Gasteiger partial charge on any atom is -0.489 e. The smallest absolute Gasteiger partial charge is 0.328 e. The number of hydrogen-bond acceptors (Lipinski definition) is 5. The molecule has 0 fully saturated rings. The molecule has 0 saturated heterocycles. The molecule has 3 aromatic rings. The van der Waals surface area contributed by atoms with Gasteiger partial charge in [0.25, 0.3) is 0 Å². The second-order valence-corrected chi connectivity index (χ2v) is 7.25. The Kier molecular flexibility index (Phi) is 8.83. The van der Waals surface area contributed by atoms with Crippen molar-refractivity contribution < 1.29 is 23.8 Å². The average Bonchev–Trinajstić information content (AvgIpc) is 2.83. The lowest BCUT2D eigenvalue weighted by molar-refractivity contribution is -0.145. The zero-order valence-corrected chi connectivity index (χ0v) is 18.0. The van der Waals surface area contributed by atoms with Gasteiger partial charge in [0.05, 0.1) is 13.7 Å². The van der Waals surface area contributed by atoms with Crippen molar-refractivity contribution in [2.45, 2.75) is 25.7 Å². The van der Waals surface area contributed by atoms with E-state index in [2.05, 4.69) is 5.32 Å². The van der Waals surface area contributed by atoms with Gasteiger partial charge in [-0.2, -0.15) is 0 Å². The molecule has 1 atom stereocenters. The molecule has 166 valence electrons. The van der Waals surface area contributed by atoms with E-state index in [0.717, 1.165) is 16.7 Å². The summed E-state index contributed by atoms with van der Waals surface area (Å²) >= 11 is 0. The Morgan fingerprint density at radius 1 is 0.812 bits per heavy atom. The first-order valence-corrected chi connectivity index (χ1v) is 10.4. The van der Waals surface area contributed by atoms with E-state index in [0.29, 0.717) is 19.0 Å². The quantitative estimate of drug-likeness (QED) is 0.467. The molecule has 1 N–H and O–H groups in total. The molecule has 0 spiro atoms. The van der Waals surface area contributed by atoms with Crippen molar-refractivity contribution in [3.05, 3.63) is 102 Å². The van der Waals surface area contributed by atoms with E-state index >= 15 is 0 Å². The number of hydrogen-bond donors (Lipinski definition) is 1. The van der Waals surface area contributed by atoms with Crippen LogP contribution in [-0.2, 0) is 38.7 Å². The molecule has 0 saturated carbocycles. The van der Waals surface area contributed by atoms with Crippen LogP contribution in [0.15, 0.2) is 84.9 Å². The van der Waals surface area contributed by atoms with Crippen LogP contribution in [0.1, 0.15) is 16.7 Å². The summed E-state index contributed by atoms with van der Waals surface area (Å²) in [6.45, 7) is 0.612. The van der Waals surface area contributed by atoms with Crippen molar-refractivity contribution in [3.8, 4) is 5.75 Å². The van der Waals surface area contributed by atoms with Gasteiger partial charge in [0.15, 0.2) is 0 Å². The maximum Gasteiger partial charge on any atom is 0.328 e. The largest absolute Gasteiger partial charge is 0.489 e. The fraction of sp³-hybridized carbons (Fsp3) is 0.231. The average molecular weight is 434 g/mol. The molecule has 3 aromatic carbocycles. The van der Waals surface area contributed by atoms with Crippen LogP contribution in [0.5, 0.6) is 5.75 Å². The number of carbonyl (C=O) groups is 2. The van der Waals surface area contributed by atoms with E-state index in [9.17, 15) is 9.59 Å². The van der Waals surface area contributed by atoms with Crippen molar-refractivity contribution >= 4 is 11.9 Å². The van der Waals surface area contributed by atoms with Crippen LogP contribution in [0.3, 0.4) is 0 Å². The number of carbonyl (C=O) groups excluding carboxylic acids is 2. The van der Waals surface area contributed by atoms with Gasteiger partial charge in [0.2, 0.25) is 5.91 Å². The van der Waals surface area contributed by atoms with E-state index in [1.807, 2.05) is 84.9 Å². The molecule has 6 heteroatoms. The van der Waals surface area contributed by atoms with Crippen LogP contribution >= 0.6 is 0 Å². The molecule has 0 radical (unpaired) electrons. The van der Waals surface area contributed by atoms with Crippen LogP contribution in [-0.4, -0.2) is 31.6 Å². The Labute approximate surface area is 188 Å². The summed E-state index contributed by atoms with van der Waals surface area (Å²) < 4.78 is 16.2. The molecule has 1 amide bonds. The molecule has 0 aromatic heterocycles. The number of nitrogens with one attached hydrogen (secondary N) is 1. The summed E-state index contributed by atoms with van der Waals surface area (Å²) in [5.41, 5.74) is 2.88. The zero-order chi connectivity index (χ0) is 22.6. The Hall–Kier alpha value is -3.64. The Bertz CT molecular complexity index is 991. The molecule has 6 nitrogen and oxygen atoms in total. The normalized spacial score (nSPS) is 11.4. The Balaban J connectivity index is 1.54. The highest BCUT2D eigenvalue weighted by Crippen LogP contribution is 2.17. The first-order chi connectivity index (χ1) is 15.6. The van der Waals surface area contributed by atoms with Gasteiger partial charge in [0, 0.05) is 6.42 Å². The minimum atomic E-state index is -0.822. The standard InChI is InChI=1S/C26H27NO5/c1-30-26(29)24(27-25(28)19-31-17-20-9-4-2-5-10-20)16-22-13-8-14-23(15-22)32-18-21-11-6-3-7-12-21/h2-15,24H,16-19H2,1H3,(H,27,28)/t24-/m0/s1. The third kappa shape index (κ3) is 7.56. The number of methoxy groups -OCH3 is 1. The molecule has 3 rings (SSSR count). The number of rotatable bonds is 11. The van der Waals surface area contributed by atoms with Gasteiger partial charge < -0.3 is 19.5 Å². The van der Waals surface area contributed by atoms with Crippen LogP contribution in [0.2, 0.25) is 0 Å². The highest BCUT2D eigenvalue weighted by atomic mass is 16.5. The number of amides is 1. The topological polar surface area (TPSA) is 73.9 Å². The van der Waals surface area contributed by atoms with E-state index in [-0.39, 0.29) is 18.9 Å². The molecule has 0 aliphatic carbocycles. The third-order valence-electron chi connectivity index (χ3n) is 4.75. The molecule has 0 heterocycles. The molecule has 0 aliphatic heterocycles. The SMILES string of the molecule is COC(=O)[C@H](Cc1cccc(OCc2ccccc2)c1)NC(=O)COCc1ccccc1. The Morgan fingerprint density at radius 2 is 1.44 bits per heavy atom. The molecule has 0 aliphatic rings. The summed E-state index contributed by atoms with van der Waals surface area (Å²) in [7, 11) is 1.30. The van der Waals surface area contributed by atoms with Crippen LogP contribution in [0, 0.1) is 0 Å². The fourth-order valence-corrected chi connectivity index (χ4v) is 3.15. The maximum atomic E-state index is 12.3. The van der Waals surface area contributed by atoms with Gasteiger partial charge in [0.1, 0.15) is 25.0 Å². The molecule has 0 bridgehead atoms. The Morgan fingerprint density at radius 3 is 2.09 bits per heavy atom. The number of benzene rings is 3. The summed E-state index contributed by atoms with van der Waals surface area (Å²) in [6, 6.07) is 26.1. The molecular formula is C26H27NO5. The van der Waals surface area contributed by atoms with Crippen molar-refractivity contribution in [1.82, 2.24) is 5.32 Å². The highest BCUT2D eigenvalue weighted by molar-refractivity contribution is 5.85. The predicted octanol–water partition coefficient (Wildman–Crippen LogP) is 3.68. The summed E-state index contributed by atoms with van der Waals surface area (Å²) in [4.78, 5) is 24.5. The van der Waals surface area contributed by atoms with Crippen LogP contribution < -0.4 is 10.1 Å². The van der Waals surface area contributed by atoms with Gasteiger partial charge in [-0.3, -0.25) is 4.79 Å². The van der Waals surface area contributed by atoms with Gasteiger partial charge in [-0.15, -0.1) is 0 Å².